The molecule has 0 heterocycles. The lowest BCUT2D eigenvalue weighted by molar-refractivity contribution is 0.358. The molecule has 1 rings (SSSR count). The quantitative estimate of drug-likeness (QED) is 0.539. The van der Waals surface area contributed by atoms with Crippen molar-refractivity contribution in [2.45, 2.75) is 37.8 Å². The summed E-state index contributed by atoms with van der Waals surface area (Å²) in [6.07, 6.45) is 4.92. The van der Waals surface area contributed by atoms with Crippen LogP contribution >= 0.6 is 0 Å². The maximum atomic E-state index is 5.72. The van der Waals surface area contributed by atoms with E-state index in [0.29, 0.717) is 6.04 Å². The Labute approximate surface area is 56.8 Å². The van der Waals surface area contributed by atoms with Gasteiger partial charge in [-0.2, -0.15) is 0 Å². The first-order valence-corrected chi connectivity index (χ1v) is 3.76. The molecule has 1 aliphatic carbocycles. The number of hydrogen-bond acceptors (Lipinski definition) is 2. The summed E-state index contributed by atoms with van der Waals surface area (Å²) in [5.74, 6) is 0. The van der Waals surface area contributed by atoms with Crippen molar-refractivity contribution >= 4 is 0 Å². The van der Waals surface area contributed by atoms with Crippen molar-refractivity contribution in [1.29, 1.82) is 0 Å². The smallest absolute Gasteiger partial charge is 0.00652 e. The molecule has 0 amide bonds. The van der Waals surface area contributed by atoms with E-state index < -0.39 is 0 Å². The Balaban J connectivity index is 2.18. The summed E-state index contributed by atoms with van der Waals surface area (Å²) in [4.78, 5) is 0. The van der Waals surface area contributed by atoms with Crippen molar-refractivity contribution in [3.05, 3.63) is 0 Å². The highest BCUT2D eigenvalue weighted by Crippen LogP contribution is 2.15. The molecule has 0 bridgehead atoms. The average molecular weight is 128 g/mol. The van der Waals surface area contributed by atoms with Gasteiger partial charge >= 0.3 is 0 Å². The van der Waals surface area contributed by atoms with Crippen molar-refractivity contribution in [1.82, 2.24) is 5.32 Å². The Morgan fingerprint density at radius 3 is 2.22 bits per heavy atom. The largest absolute Gasteiger partial charge is 0.328 e. The van der Waals surface area contributed by atoms with E-state index in [4.69, 9.17) is 5.73 Å². The minimum absolute atomic E-state index is 0.481. The first-order chi connectivity index (χ1) is 4.33. The molecule has 0 spiro atoms. The summed E-state index contributed by atoms with van der Waals surface area (Å²) >= 11 is 0. The van der Waals surface area contributed by atoms with Crippen LogP contribution < -0.4 is 11.1 Å². The summed E-state index contributed by atoms with van der Waals surface area (Å²) in [6.45, 7) is 0. The number of rotatable bonds is 1. The fraction of sp³-hybridized carbons (Fsp3) is 1.00. The lowest BCUT2D eigenvalue weighted by Gasteiger charge is -2.25. The van der Waals surface area contributed by atoms with Crippen molar-refractivity contribution in [2.24, 2.45) is 5.73 Å². The van der Waals surface area contributed by atoms with E-state index in [0.717, 1.165) is 6.04 Å². The predicted octanol–water partition coefficient (Wildman–Crippen LogP) is 0.476. The van der Waals surface area contributed by atoms with Crippen LogP contribution in [-0.2, 0) is 0 Å². The third-order valence-corrected chi connectivity index (χ3v) is 2.18. The number of nitrogens with one attached hydrogen (secondary N) is 1. The van der Waals surface area contributed by atoms with Gasteiger partial charge in [0.05, 0.1) is 0 Å². The predicted molar refractivity (Wildman–Crippen MR) is 39.3 cm³/mol. The van der Waals surface area contributed by atoms with Gasteiger partial charge in [-0.15, -0.1) is 0 Å². The third-order valence-electron chi connectivity index (χ3n) is 2.18. The maximum absolute atomic E-state index is 5.72. The molecule has 54 valence electrons. The van der Waals surface area contributed by atoms with E-state index in [1.165, 1.54) is 25.7 Å². The second-order valence-corrected chi connectivity index (χ2v) is 2.90. The molecule has 1 aliphatic rings. The molecule has 2 heteroatoms. The van der Waals surface area contributed by atoms with E-state index in [9.17, 15) is 0 Å². The number of hydrogen-bond donors (Lipinski definition) is 2. The molecule has 0 atom stereocenters. The Hall–Kier alpha value is -0.0800. The van der Waals surface area contributed by atoms with Crippen molar-refractivity contribution < 1.29 is 0 Å². The van der Waals surface area contributed by atoms with Crippen LogP contribution in [0.5, 0.6) is 0 Å². The molecule has 3 N–H and O–H groups in total. The molecule has 0 aromatic carbocycles. The van der Waals surface area contributed by atoms with E-state index in [2.05, 4.69) is 5.32 Å². The SMILES string of the molecule is CNC1CCC(N)CC1. The van der Waals surface area contributed by atoms with Gasteiger partial charge in [-0.3, -0.25) is 0 Å². The Morgan fingerprint density at radius 1 is 1.22 bits per heavy atom. The van der Waals surface area contributed by atoms with Gasteiger partial charge in [-0.1, -0.05) is 0 Å². The molecule has 0 unspecified atom stereocenters. The van der Waals surface area contributed by atoms with E-state index in [1.54, 1.807) is 0 Å². The highest BCUT2D eigenvalue weighted by molar-refractivity contribution is 4.77. The second-order valence-electron chi connectivity index (χ2n) is 2.90. The van der Waals surface area contributed by atoms with Crippen LogP contribution in [0.2, 0.25) is 0 Å². The summed E-state index contributed by atoms with van der Waals surface area (Å²) < 4.78 is 0. The highest BCUT2D eigenvalue weighted by Gasteiger charge is 2.15. The molecular weight excluding hydrogens is 112 g/mol. The van der Waals surface area contributed by atoms with Crippen LogP contribution in [0.4, 0.5) is 0 Å². The van der Waals surface area contributed by atoms with Crippen LogP contribution in [0.15, 0.2) is 0 Å². The second kappa shape index (κ2) is 3.18. The molecule has 0 saturated heterocycles. The zero-order chi connectivity index (χ0) is 6.69. The summed E-state index contributed by atoms with van der Waals surface area (Å²) in [5, 5.41) is 3.27. The van der Waals surface area contributed by atoms with Crippen molar-refractivity contribution in [3.63, 3.8) is 0 Å². The summed E-state index contributed by atoms with van der Waals surface area (Å²) in [7, 11) is 2.03. The molecule has 0 aromatic heterocycles. The van der Waals surface area contributed by atoms with Gasteiger partial charge in [0.1, 0.15) is 0 Å². The highest BCUT2D eigenvalue weighted by atomic mass is 14.9. The van der Waals surface area contributed by atoms with Crippen LogP contribution in [0.25, 0.3) is 0 Å². The minimum atomic E-state index is 0.481. The third kappa shape index (κ3) is 1.95. The average Bonchev–Trinajstić information content (AvgIpc) is 1.90. The summed E-state index contributed by atoms with van der Waals surface area (Å²) in [6, 6.07) is 1.22. The molecule has 9 heavy (non-hydrogen) atoms. The summed E-state index contributed by atoms with van der Waals surface area (Å²) in [5.41, 5.74) is 5.72. The molecular formula is C7H16N2. The molecule has 0 aromatic rings. The van der Waals surface area contributed by atoms with E-state index in [-0.39, 0.29) is 0 Å². The van der Waals surface area contributed by atoms with Crippen molar-refractivity contribution in [2.75, 3.05) is 7.05 Å². The molecule has 1 saturated carbocycles. The van der Waals surface area contributed by atoms with Crippen LogP contribution in [0.1, 0.15) is 25.7 Å². The Kier molecular flexibility index (Phi) is 2.49. The number of nitrogens with two attached hydrogens (primary N) is 1. The van der Waals surface area contributed by atoms with Crippen LogP contribution in [0, 0.1) is 0 Å². The van der Waals surface area contributed by atoms with Gasteiger partial charge < -0.3 is 11.1 Å². The maximum Gasteiger partial charge on any atom is 0.00652 e. The fourth-order valence-corrected chi connectivity index (χ4v) is 1.41. The van der Waals surface area contributed by atoms with E-state index in [1.807, 2.05) is 7.05 Å². The topological polar surface area (TPSA) is 38.0 Å². The lowest BCUT2D eigenvalue weighted by Crippen LogP contribution is -2.35. The van der Waals surface area contributed by atoms with Gasteiger partial charge in [-0.05, 0) is 32.7 Å². The first-order valence-electron chi connectivity index (χ1n) is 3.76. The van der Waals surface area contributed by atoms with Gasteiger partial charge in [0.2, 0.25) is 0 Å². The first kappa shape index (κ1) is 7.03. The molecule has 0 aliphatic heterocycles. The Bertz CT molecular complexity index is 75.0. The van der Waals surface area contributed by atoms with Crippen LogP contribution in [0.3, 0.4) is 0 Å². The minimum Gasteiger partial charge on any atom is -0.328 e. The Morgan fingerprint density at radius 2 is 1.78 bits per heavy atom. The fourth-order valence-electron chi connectivity index (χ4n) is 1.41. The van der Waals surface area contributed by atoms with Crippen LogP contribution in [-0.4, -0.2) is 19.1 Å². The molecule has 0 radical (unpaired) electrons. The van der Waals surface area contributed by atoms with Gasteiger partial charge in [0, 0.05) is 12.1 Å². The van der Waals surface area contributed by atoms with Gasteiger partial charge in [0.15, 0.2) is 0 Å². The normalized spacial score (nSPS) is 36.7. The van der Waals surface area contributed by atoms with Crippen molar-refractivity contribution in [3.8, 4) is 0 Å². The lowest BCUT2D eigenvalue weighted by atomic mass is 9.92. The zero-order valence-corrected chi connectivity index (χ0v) is 6.06. The zero-order valence-electron chi connectivity index (χ0n) is 6.06. The molecule has 2 nitrogen and oxygen atoms in total. The van der Waals surface area contributed by atoms with Gasteiger partial charge in [-0.25, -0.2) is 0 Å². The van der Waals surface area contributed by atoms with E-state index >= 15 is 0 Å². The monoisotopic (exact) mass is 128 g/mol. The molecule has 1 fully saturated rings. The standard InChI is InChI=1S/C7H16N2/c1-9-7-4-2-6(8)3-5-7/h6-7,9H,2-5,8H2,1H3. The van der Waals surface area contributed by atoms with Gasteiger partial charge in [0.25, 0.3) is 0 Å².